The first-order chi connectivity index (χ1) is 12.6. The average Bonchev–Trinajstić information content (AvgIpc) is 2.68. The van der Waals surface area contributed by atoms with Crippen LogP contribution in [-0.2, 0) is 16.0 Å². The van der Waals surface area contributed by atoms with Crippen LogP contribution in [0.1, 0.15) is 52.9 Å². The van der Waals surface area contributed by atoms with E-state index in [1.54, 1.807) is 19.1 Å². The Morgan fingerprint density at radius 1 is 1.19 bits per heavy atom. The SMILES string of the molecule is C[C@H](OC(=O)c1ccc(C#N)cc1)C(=O)N[C@H]1CCCc2ccccc21. The van der Waals surface area contributed by atoms with E-state index in [0.29, 0.717) is 11.1 Å². The van der Waals surface area contributed by atoms with Crippen LogP contribution in [0.2, 0.25) is 0 Å². The fourth-order valence-electron chi connectivity index (χ4n) is 3.16. The van der Waals surface area contributed by atoms with E-state index in [2.05, 4.69) is 11.4 Å². The van der Waals surface area contributed by atoms with E-state index in [-0.39, 0.29) is 11.9 Å². The van der Waals surface area contributed by atoms with Crippen molar-refractivity contribution in [3.8, 4) is 6.07 Å². The van der Waals surface area contributed by atoms with Gasteiger partial charge in [0.2, 0.25) is 0 Å². The number of esters is 1. The Hall–Kier alpha value is -3.13. The third-order valence-electron chi connectivity index (χ3n) is 4.59. The van der Waals surface area contributed by atoms with Crippen molar-refractivity contribution >= 4 is 11.9 Å². The maximum Gasteiger partial charge on any atom is 0.338 e. The quantitative estimate of drug-likeness (QED) is 0.860. The molecule has 0 spiro atoms. The van der Waals surface area contributed by atoms with Crippen LogP contribution in [0.5, 0.6) is 0 Å². The van der Waals surface area contributed by atoms with Crippen LogP contribution in [0.3, 0.4) is 0 Å². The Labute approximate surface area is 152 Å². The van der Waals surface area contributed by atoms with E-state index in [1.807, 2.05) is 24.3 Å². The highest BCUT2D eigenvalue weighted by molar-refractivity contribution is 5.92. The van der Waals surface area contributed by atoms with Gasteiger partial charge in [0.1, 0.15) is 0 Å². The molecule has 0 aliphatic heterocycles. The molecule has 1 aliphatic rings. The Bertz CT molecular complexity index is 852. The number of carbonyl (C=O) groups excluding carboxylic acids is 2. The predicted molar refractivity (Wildman–Crippen MR) is 96.3 cm³/mol. The highest BCUT2D eigenvalue weighted by Gasteiger charge is 2.25. The Balaban J connectivity index is 1.61. The monoisotopic (exact) mass is 348 g/mol. The number of carbonyl (C=O) groups is 2. The van der Waals surface area contributed by atoms with Crippen molar-refractivity contribution < 1.29 is 14.3 Å². The molecular formula is C21H20N2O3. The topological polar surface area (TPSA) is 79.2 Å². The molecule has 0 heterocycles. The van der Waals surface area contributed by atoms with Gasteiger partial charge in [-0.05, 0) is 61.6 Å². The number of ether oxygens (including phenoxy) is 1. The molecule has 2 aromatic carbocycles. The maximum atomic E-state index is 12.5. The number of rotatable bonds is 4. The van der Waals surface area contributed by atoms with Crippen molar-refractivity contribution in [2.75, 3.05) is 0 Å². The largest absolute Gasteiger partial charge is 0.449 e. The van der Waals surface area contributed by atoms with Crippen LogP contribution >= 0.6 is 0 Å². The highest BCUT2D eigenvalue weighted by Crippen LogP contribution is 2.29. The summed E-state index contributed by atoms with van der Waals surface area (Å²) in [7, 11) is 0. The third-order valence-corrected chi connectivity index (χ3v) is 4.59. The number of nitrogens with one attached hydrogen (secondary N) is 1. The molecule has 0 unspecified atom stereocenters. The molecule has 1 amide bonds. The lowest BCUT2D eigenvalue weighted by molar-refractivity contribution is -0.130. The van der Waals surface area contributed by atoms with E-state index in [1.165, 1.54) is 17.7 Å². The van der Waals surface area contributed by atoms with Gasteiger partial charge in [0.05, 0.1) is 23.2 Å². The van der Waals surface area contributed by atoms with Crippen LogP contribution in [0, 0.1) is 11.3 Å². The minimum absolute atomic E-state index is 0.0523. The molecular weight excluding hydrogens is 328 g/mol. The zero-order valence-corrected chi connectivity index (χ0v) is 14.6. The normalized spacial score (nSPS) is 16.7. The van der Waals surface area contributed by atoms with Crippen molar-refractivity contribution in [2.24, 2.45) is 0 Å². The standard InChI is InChI=1S/C21H20N2O3/c1-14(26-21(25)17-11-9-15(13-22)10-12-17)20(24)23-19-8-4-6-16-5-2-3-7-18(16)19/h2-3,5,7,9-12,14,19H,4,6,8H2,1H3,(H,23,24)/t14-,19-/m0/s1. The molecule has 5 nitrogen and oxygen atoms in total. The summed E-state index contributed by atoms with van der Waals surface area (Å²) >= 11 is 0. The highest BCUT2D eigenvalue weighted by atomic mass is 16.5. The van der Waals surface area contributed by atoms with E-state index in [4.69, 9.17) is 10.00 Å². The van der Waals surface area contributed by atoms with Crippen molar-refractivity contribution in [1.29, 1.82) is 5.26 Å². The number of hydrogen-bond donors (Lipinski definition) is 1. The molecule has 0 saturated heterocycles. The van der Waals surface area contributed by atoms with Crippen LogP contribution in [0.4, 0.5) is 0 Å². The van der Waals surface area contributed by atoms with E-state index >= 15 is 0 Å². The molecule has 1 aliphatic carbocycles. The Morgan fingerprint density at radius 2 is 1.92 bits per heavy atom. The molecule has 26 heavy (non-hydrogen) atoms. The summed E-state index contributed by atoms with van der Waals surface area (Å²) < 4.78 is 5.27. The second kappa shape index (κ2) is 7.83. The van der Waals surface area contributed by atoms with E-state index in [0.717, 1.165) is 24.8 Å². The fraction of sp³-hybridized carbons (Fsp3) is 0.286. The predicted octanol–water partition coefficient (Wildman–Crippen LogP) is 3.30. The van der Waals surface area contributed by atoms with Gasteiger partial charge in [0.25, 0.3) is 5.91 Å². The molecule has 0 saturated carbocycles. The van der Waals surface area contributed by atoms with Crippen LogP contribution in [0.15, 0.2) is 48.5 Å². The van der Waals surface area contributed by atoms with Crippen molar-refractivity contribution in [2.45, 2.75) is 38.3 Å². The van der Waals surface area contributed by atoms with Crippen molar-refractivity contribution in [3.63, 3.8) is 0 Å². The zero-order chi connectivity index (χ0) is 18.5. The lowest BCUT2D eigenvalue weighted by atomic mass is 9.87. The number of fused-ring (bicyclic) bond motifs is 1. The zero-order valence-electron chi connectivity index (χ0n) is 14.6. The molecule has 0 fully saturated rings. The molecule has 3 rings (SSSR count). The second-order valence-corrected chi connectivity index (χ2v) is 6.39. The first kappa shape index (κ1) is 17.7. The smallest absolute Gasteiger partial charge is 0.338 e. The lowest BCUT2D eigenvalue weighted by Gasteiger charge is -2.27. The summed E-state index contributed by atoms with van der Waals surface area (Å²) in [6, 6.07) is 16.1. The summed E-state index contributed by atoms with van der Waals surface area (Å²) in [6.45, 7) is 1.56. The van der Waals surface area contributed by atoms with Gasteiger partial charge in [-0.25, -0.2) is 4.79 Å². The van der Waals surface area contributed by atoms with E-state index < -0.39 is 12.1 Å². The van der Waals surface area contributed by atoms with Gasteiger partial charge in [-0.1, -0.05) is 24.3 Å². The molecule has 2 aromatic rings. The van der Waals surface area contributed by atoms with Gasteiger partial charge in [-0.2, -0.15) is 5.26 Å². The summed E-state index contributed by atoms with van der Waals surface area (Å²) in [5.74, 6) is -0.894. The Morgan fingerprint density at radius 3 is 2.65 bits per heavy atom. The molecule has 132 valence electrons. The van der Waals surface area contributed by atoms with Crippen molar-refractivity contribution in [3.05, 3.63) is 70.8 Å². The van der Waals surface area contributed by atoms with Crippen molar-refractivity contribution in [1.82, 2.24) is 5.32 Å². The van der Waals surface area contributed by atoms with Gasteiger partial charge in [-0.15, -0.1) is 0 Å². The van der Waals surface area contributed by atoms with Crippen LogP contribution < -0.4 is 5.32 Å². The summed E-state index contributed by atoms with van der Waals surface area (Å²) in [5.41, 5.74) is 3.17. The third kappa shape index (κ3) is 3.92. The molecule has 0 bridgehead atoms. The maximum absolute atomic E-state index is 12.5. The first-order valence-electron chi connectivity index (χ1n) is 8.68. The minimum Gasteiger partial charge on any atom is -0.449 e. The van der Waals surface area contributed by atoms with Gasteiger partial charge in [-0.3, -0.25) is 4.79 Å². The molecule has 1 N–H and O–H groups in total. The summed E-state index contributed by atoms with van der Waals surface area (Å²) in [6.07, 6.45) is 2.01. The Kier molecular flexibility index (Phi) is 5.33. The number of hydrogen-bond acceptors (Lipinski definition) is 4. The van der Waals surface area contributed by atoms with Gasteiger partial charge < -0.3 is 10.1 Å². The molecule has 2 atom stereocenters. The van der Waals surface area contributed by atoms with E-state index in [9.17, 15) is 9.59 Å². The molecule has 0 aromatic heterocycles. The number of nitrogens with zero attached hydrogens (tertiary/aromatic N) is 1. The summed E-state index contributed by atoms with van der Waals surface area (Å²) in [4.78, 5) is 24.6. The molecule has 5 heteroatoms. The lowest BCUT2D eigenvalue weighted by Crippen LogP contribution is -2.39. The fourth-order valence-corrected chi connectivity index (χ4v) is 3.16. The molecule has 0 radical (unpaired) electrons. The number of amides is 1. The number of nitriles is 1. The first-order valence-corrected chi connectivity index (χ1v) is 8.68. The van der Waals surface area contributed by atoms with Gasteiger partial charge in [0, 0.05) is 0 Å². The second-order valence-electron chi connectivity index (χ2n) is 6.39. The summed E-state index contributed by atoms with van der Waals surface area (Å²) in [5, 5.41) is 11.8. The van der Waals surface area contributed by atoms with Crippen LogP contribution in [0.25, 0.3) is 0 Å². The van der Waals surface area contributed by atoms with Gasteiger partial charge in [0.15, 0.2) is 6.10 Å². The van der Waals surface area contributed by atoms with Gasteiger partial charge >= 0.3 is 5.97 Å². The number of benzene rings is 2. The minimum atomic E-state index is -0.896. The number of aryl methyl sites for hydroxylation is 1. The average molecular weight is 348 g/mol. The van der Waals surface area contributed by atoms with Crippen LogP contribution in [-0.4, -0.2) is 18.0 Å².